The molecule has 0 bridgehead atoms. The number of anilines is 1. The molecule has 6 aromatic carbocycles. The van der Waals surface area contributed by atoms with Gasteiger partial charge in [-0.05, 0) is 63.9 Å². The van der Waals surface area contributed by atoms with Gasteiger partial charge in [0.25, 0.3) is 0 Å². The van der Waals surface area contributed by atoms with Gasteiger partial charge in [-0.2, -0.15) is 0 Å². The van der Waals surface area contributed by atoms with Gasteiger partial charge in [0.15, 0.2) is 6.17 Å². The second-order valence-corrected chi connectivity index (χ2v) is 15.9. The minimum atomic E-state index is -1.56. The molecule has 1 N–H and O–H groups in total. The predicted octanol–water partition coefficient (Wildman–Crippen LogP) is 10.3. The number of hydrogen-bond donors (Lipinski definition) is 1. The van der Waals surface area contributed by atoms with Crippen molar-refractivity contribution in [1.82, 2.24) is 0 Å². The zero-order chi connectivity index (χ0) is 40.5. The van der Waals surface area contributed by atoms with E-state index in [2.05, 4.69) is 41.7 Å². The molecule has 3 aliphatic rings. The normalized spacial score (nSPS) is 20.7. The predicted molar refractivity (Wildman–Crippen MR) is 231 cm³/mol. The Labute approximate surface area is 352 Å². The van der Waals surface area contributed by atoms with Crippen molar-refractivity contribution in [2.24, 2.45) is 0 Å². The fraction of sp³-hybridized carbons (Fsp3) is 0.308. The molecular formula is C52H52FNO6. The van der Waals surface area contributed by atoms with Crippen LogP contribution in [0.3, 0.4) is 0 Å². The summed E-state index contributed by atoms with van der Waals surface area (Å²) in [5.41, 5.74) is 10.4. The highest BCUT2D eigenvalue weighted by Gasteiger charge is 2.50. The quantitative estimate of drug-likeness (QED) is 0.105. The number of alkyl halides is 1. The summed E-state index contributed by atoms with van der Waals surface area (Å²) in [5.74, 6) is 1.52. The largest absolute Gasteiger partial charge is 0.493 e. The van der Waals surface area contributed by atoms with E-state index in [0.717, 1.165) is 64.1 Å². The average molecular weight is 806 g/mol. The van der Waals surface area contributed by atoms with Crippen LogP contribution in [0.1, 0.15) is 62.6 Å². The van der Waals surface area contributed by atoms with Crippen LogP contribution in [0.5, 0.6) is 11.5 Å². The molecule has 9 rings (SSSR count). The Morgan fingerprint density at radius 3 is 1.92 bits per heavy atom. The lowest BCUT2D eigenvalue weighted by Gasteiger charge is -2.44. The molecule has 6 aromatic rings. The summed E-state index contributed by atoms with van der Waals surface area (Å²) in [6.45, 7) is 2.62. The van der Waals surface area contributed by atoms with E-state index in [1.165, 1.54) is 16.8 Å². The molecule has 1 saturated heterocycles. The summed E-state index contributed by atoms with van der Waals surface area (Å²) in [6, 6.07) is 48.7. The minimum Gasteiger partial charge on any atom is -0.493 e. The van der Waals surface area contributed by atoms with Gasteiger partial charge < -0.3 is 33.7 Å². The van der Waals surface area contributed by atoms with Crippen LogP contribution in [0.15, 0.2) is 146 Å². The van der Waals surface area contributed by atoms with Gasteiger partial charge >= 0.3 is 0 Å². The van der Waals surface area contributed by atoms with E-state index in [0.29, 0.717) is 38.4 Å². The number of rotatable bonds is 16. The molecule has 7 nitrogen and oxygen atoms in total. The number of aryl methyl sites for hydroxylation is 1. The molecule has 0 radical (unpaired) electrons. The first-order valence-electron chi connectivity index (χ1n) is 21.2. The fourth-order valence-electron chi connectivity index (χ4n) is 8.59. The molecule has 0 spiro atoms. The highest BCUT2D eigenvalue weighted by Crippen LogP contribution is 2.48. The van der Waals surface area contributed by atoms with E-state index in [1.54, 1.807) is 0 Å². The number of hydrogen-bond acceptors (Lipinski definition) is 7. The lowest BCUT2D eigenvalue weighted by molar-refractivity contribution is -0.248. The van der Waals surface area contributed by atoms with E-state index in [-0.39, 0.29) is 19.8 Å². The van der Waals surface area contributed by atoms with Gasteiger partial charge in [0.1, 0.15) is 42.5 Å². The number of fused-ring (bicyclic) bond motifs is 2. The van der Waals surface area contributed by atoms with Gasteiger partial charge in [-0.3, -0.25) is 0 Å². The molecule has 3 aliphatic heterocycles. The zero-order valence-corrected chi connectivity index (χ0v) is 33.8. The minimum absolute atomic E-state index is 0.0202. The molecular weight excluding hydrogens is 754 g/mol. The first-order chi connectivity index (χ1) is 29.7. The molecule has 0 unspecified atom stereocenters. The lowest BCUT2D eigenvalue weighted by atomic mass is 9.87. The Hall–Kier alpha value is -5.51. The highest BCUT2D eigenvalue weighted by molar-refractivity contribution is 5.60. The highest BCUT2D eigenvalue weighted by atomic mass is 19.1. The van der Waals surface area contributed by atoms with Gasteiger partial charge in [-0.1, -0.05) is 133 Å². The summed E-state index contributed by atoms with van der Waals surface area (Å²) < 4.78 is 57.4. The number of benzene rings is 6. The monoisotopic (exact) mass is 805 g/mol. The molecule has 1 fully saturated rings. The SMILES string of the molecule is F[C@H]1[C@H](OCc2ccccc2)[C@@H](OCc2ccccc2)[C@H](c2cc(Cc3ccc4c(c3)NCCC4)c3c(c2OCc2ccccc2)CCO3)O[C@@H]1COCc1ccccc1. The first kappa shape index (κ1) is 39.9. The second-order valence-electron chi connectivity index (χ2n) is 15.9. The maximum absolute atomic E-state index is 17.3. The van der Waals surface area contributed by atoms with Crippen molar-refractivity contribution in [2.75, 3.05) is 25.1 Å². The van der Waals surface area contributed by atoms with E-state index in [4.69, 9.17) is 28.4 Å². The Kier molecular flexibility index (Phi) is 12.8. The summed E-state index contributed by atoms with van der Waals surface area (Å²) >= 11 is 0. The van der Waals surface area contributed by atoms with Crippen LogP contribution < -0.4 is 14.8 Å². The van der Waals surface area contributed by atoms with Gasteiger partial charge in [0.2, 0.25) is 0 Å². The van der Waals surface area contributed by atoms with Crippen LogP contribution in [0.4, 0.5) is 10.1 Å². The van der Waals surface area contributed by atoms with Gasteiger partial charge in [-0.15, -0.1) is 0 Å². The van der Waals surface area contributed by atoms with Crippen molar-refractivity contribution in [1.29, 1.82) is 0 Å². The molecule has 0 amide bonds. The van der Waals surface area contributed by atoms with E-state index in [9.17, 15) is 0 Å². The maximum atomic E-state index is 17.3. The first-order valence-corrected chi connectivity index (χ1v) is 21.2. The van der Waals surface area contributed by atoms with Gasteiger partial charge in [0, 0.05) is 36.2 Å². The molecule has 8 heteroatoms. The molecule has 5 atom stereocenters. The van der Waals surface area contributed by atoms with Crippen molar-refractivity contribution < 1.29 is 32.8 Å². The van der Waals surface area contributed by atoms with Crippen molar-refractivity contribution in [3.63, 3.8) is 0 Å². The van der Waals surface area contributed by atoms with E-state index >= 15 is 4.39 Å². The number of ether oxygens (including phenoxy) is 6. The summed E-state index contributed by atoms with van der Waals surface area (Å²) in [4.78, 5) is 0. The number of halogens is 1. The Morgan fingerprint density at radius 1 is 0.633 bits per heavy atom. The van der Waals surface area contributed by atoms with Crippen molar-refractivity contribution >= 4 is 5.69 Å². The van der Waals surface area contributed by atoms with Crippen LogP contribution >= 0.6 is 0 Å². The van der Waals surface area contributed by atoms with Gasteiger partial charge in [0.05, 0.1) is 33.0 Å². The molecule has 0 saturated carbocycles. The zero-order valence-electron chi connectivity index (χ0n) is 33.8. The smallest absolute Gasteiger partial charge is 0.157 e. The molecule has 60 heavy (non-hydrogen) atoms. The summed E-state index contributed by atoms with van der Waals surface area (Å²) in [7, 11) is 0. The molecule has 0 aliphatic carbocycles. The van der Waals surface area contributed by atoms with Crippen molar-refractivity contribution in [3.8, 4) is 11.5 Å². The third-order valence-corrected chi connectivity index (χ3v) is 11.6. The Morgan fingerprint density at radius 2 is 1.25 bits per heavy atom. The lowest BCUT2D eigenvalue weighted by Crippen LogP contribution is -2.55. The van der Waals surface area contributed by atoms with E-state index < -0.39 is 30.6 Å². The van der Waals surface area contributed by atoms with Crippen LogP contribution in [0.2, 0.25) is 0 Å². The van der Waals surface area contributed by atoms with Crippen LogP contribution in [-0.4, -0.2) is 44.2 Å². The molecule has 308 valence electrons. The van der Waals surface area contributed by atoms with Crippen LogP contribution in [0.25, 0.3) is 0 Å². The average Bonchev–Trinajstić information content (AvgIpc) is 3.80. The maximum Gasteiger partial charge on any atom is 0.157 e. The standard InChI is InChI=1S/C52H52FNO6/c53-47-46(35-55-31-36-14-5-1-6-15-36)60-50(52(59-34-39-20-11-4-12-21-39)51(47)58-33-38-18-9-3-10-19-38)44-30-42(28-40-23-24-41-22-13-26-54-45(41)29-40)48-43(25-27-56-48)49(44)57-32-37-16-7-2-8-17-37/h1-12,14-21,23-24,29-30,46-47,50-52,54H,13,22,25-28,31-35H2/t46-,47-,50+,51+,52+/m1/s1. The topological polar surface area (TPSA) is 67.4 Å². The Bertz CT molecular complexity index is 2290. The van der Waals surface area contributed by atoms with Crippen LogP contribution in [-0.2, 0) is 64.6 Å². The molecule has 3 heterocycles. The molecule has 0 aromatic heterocycles. The second kappa shape index (κ2) is 19.3. The van der Waals surface area contributed by atoms with E-state index in [1.807, 2.05) is 109 Å². The number of nitrogens with one attached hydrogen (secondary N) is 1. The third kappa shape index (κ3) is 9.43. The Balaban J connectivity index is 1.13. The fourth-order valence-corrected chi connectivity index (χ4v) is 8.59. The van der Waals surface area contributed by atoms with Crippen molar-refractivity contribution in [2.45, 2.75) is 82.7 Å². The van der Waals surface area contributed by atoms with Crippen molar-refractivity contribution in [3.05, 3.63) is 196 Å². The van der Waals surface area contributed by atoms with Gasteiger partial charge in [-0.25, -0.2) is 4.39 Å². The summed E-state index contributed by atoms with van der Waals surface area (Å²) in [6.07, 6.45) is -1.66. The summed E-state index contributed by atoms with van der Waals surface area (Å²) in [5, 5.41) is 3.59. The third-order valence-electron chi connectivity index (χ3n) is 11.6. The van der Waals surface area contributed by atoms with Crippen LogP contribution in [0, 0.1) is 0 Å².